The molecule has 1 aromatic heterocycles. The lowest BCUT2D eigenvalue weighted by atomic mass is 10.1. The number of aromatic hydroxyl groups is 1. The number of hydrogen-bond acceptors (Lipinski definition) is 8. The Labute approximate surface area is 147 Å². The van der Waals surface area contributed by atoms with Crippen LogP contribution in [0.25, 0.3) is 0 Å². The number of pyridine rings is 1. The molecule has 0 aliphatic heterocycles. The fourth-order valence-corrected chi connectivity index (χ4v) is 2.30. The summed E-state index contributed by atoms with van der Waals surface area (Å²) in [5, 5.41) is 26.9. The molecule has 0 saturated carbocycles. The van der Waals surface area contributed by atoms with Gasteiger partial charge in [0.1, 0.15) is 17.9 Å². The van der Waals surface area contributed by atoms with Crippen molar-refractivity contribution in [1.29, 1.82) is 5.26 Å². The number of azo groups is 1. The van der Waals surface area contributed by atoms with E-state index in [0.29, 0.717) is 5.69 Å². The zero-order valence-corrected chi connectivity index (χ0v) is 14.3. The molecule has 0 unspecified atom stereocenters. The molecule has 25 heavy (non-hydrogen) atoms. The van der Waals surface area contributed by atoms with Gasteiger partial charge in [0.05, 0.1) is 17.7 Å². The molecule has 1 heterocycles. The fourth-order valence-electron chi connectivity index (χ4n) is 1.88. The van der Waals surface area contributed by atoms with Gasteiger partial charge in [-0.2, -0.15) is 10.4 Å². The van der Waals surface area contributed by atoms with Gasteiger partial charge in [0.2, 0.25) is 5.88 Å². The van der Waals surface area contributed by atoms with Crippen LogP contribution in [0.1, 0.15) is 11.1 Å². The average molecular weight is 358 g/mol. The molecule has 0 radical (unpaired) electrons. The van der Waals surface area contributed by atoms with E-state index in [1.807, 2.05) is 6.07 Å². The first kappa shape index (κ1) is 18.3. The second-order valence-corrected chi connectivity index (χ2v) is 5.53. The molecule has 0 amide bonds. The minimum Gasteiger partial charge on any atom is -0.493 e. The lowest BCUT2D eigenvalue weighted by Crippen LogP contribution is -2.18. The third-order valence-corrected chi connectivity index (χ3v) is 3.84. The summed E-state index contributed by atoms with van der Waals surface area (Å²) in [5.74, 6) is -0.396. The second kappa shape index (κ2) is 8.14. The van der Waals surface area contributed by atoms with E-state index in [4.69, 9.17) is 9.60 Å². The Balaban J connectivity index is 2.28. The maximum atomic E-state index is 12.2. The predicted octanol–water partition coefficient (Wildman–Crippen LogP) is 3.79. The van der Waals surface area contributed by atoms with Crippen LogP contribution in [0, 0.1) is 18.3 Å². The van der Waals surface area contributed by atoms with Crippen LogP contribution in [0.5, 0.6) is 5.88 Å². The van der Waals surface area contributed by atoms with Gasteiger partial charge in [-0.25, -0.2) is 0 Å². The smallest absolute Gasteiger partial charge is 0.281 e. The Bertz CT molecular complexity index is 914. The standard InChI is InChI=1S/C16H14N4O4S/c1-4-23-24-25-12-7-5-11(6-8-12)18-19-14-10(2)13(9-17)15(21)20(3)16(14)22/h4-8,21H,1H2,2-3H3. The third kappa shape index (κ3) is 4.06. The van der Waals surface area contributed by atoms with Gasteiger partial charge in [0.15, 0.2) is 5.69 Å². The van der Waals surface area contributed by atoms with Crippen molar-refractivity contribution in [2.75, 3.05) is 0 Å². The van der Waals surface area contributed by atoms with E-state index in [1.165, 1.54) is 14.0 Å². The minimum absolute atomic E-state index is 0.00184. The molecule has 0 fully saturated rings. The molecule has 0 aliphatic rings. The summed E-state index contributed by atoms with van der Waals surface area (Å²) in [5.41, 5.74) is 0.219. The number of nitrogens with zero attached hydrogens (tertiary/aromatic N) is 4. The van der Waals surface area contributed by atoms with E-state index in [2.05, 4.69) is 21.7 Å². The van der Waals surface area contributed by atoms with Gasteiger partial charge in [-0.3, -0.25) is 9.36 Å². The summed E-state index contributed by atoms with van der Waals surface area (Å²) in [6.45, 7) is 4.88. The van der Waals surface area contributed by atoms with Crippen LogP contribution in [0.3, 0.4) is 0 Å². The van der Waals surface area contributed by atoms with Gasteiger partial charge in [-0.15, -0.1) is 9.45 Å². The van der Waals surface area contributed by atoms with Crippen molar-refractivity contribution in [1.82, 2.24) is 4.57 Å². The summed E-state index contributed by atoms with van der Waals surface area (Å²) in [7, 11) is 1.36. The van der Waals surface area contributed by atoms with E-state index in [9.17, 15) is 9.90 Å². The molecule has 9 heteroatoms. The average Bonchev–Trinajstić information content (AvgIpc) is 2.62. The zero-order chi connectivity index (χ0) is 18.4. The lowest BCUT2D eigenvalue weighted by Gasteiger charge is -2.08. The Hall–Kier alpha value is -3.09. The maximum Gasteiger partial charge on any atom is 0.281 e. The quantitative estimate of drug-likeness (QED) is 0.210. The van der Waals surface area contributed by atoms with E-state index >= 15 is 0 Å². The molecule has 8 nitrogen and oxygen atoms in total. The van der Waals surface area contributed by atoms with E-state index in [1.54, 1.807) is 24.3 Å². The van der Waals surface area contributed by atoms with Crippen LogP contribution in [-0.2, 0) is 16.3 Å². The van der Waals surface area contributed by atoms with Crippen LogP contribution < -0.4 is 5.56 Å². The monoisotopic (exact) mass is 358 g/mol. The molecular formula is C16H14N4O4S. The Morgan fingerprint density at radius 1 is 1.36 bits per heavy atom. The van der Waals surface area contributed by atoms with Crippen LogP contribution in [-0.4, -0.2) is 9.67 Å². The number of aromatic nitrogens is 1. The molecular weight excluding hydrogens is 344 g/mol. The van der Waals surface area contributed by atoms with Crippen LogP contribution in [0.4, 0.5) is 11.4 Å². The summed E-state index contributed by atoms with van der Waals surface area (Å²) >= 11 is 0.999. The van der Waals surface area contributed by atoms with E-state index in [0.717, 1.165) is 27.8 Å². The van der Waals surface area contributed by atoms with Crippen molar-refractivity contribution in [2.45, 2.75) is 11.8 Å². The Morgan fingerprint density at radius 2 is 2.04 bits per heavy atom. The van der Waals surface area contributed by atoms with Crippen molar-refractivity contribution in [3.8, 4) is 11.9 Å². The molecule has 0 atom stereocenters. The van der Waals surface area contributed by atoms with Crippen LogP contribution in [0.15, 0.2) is 57.0 Å². The molecule has 1 aromatic carbocycles. The number of rotatable bonds is 6. The second-order valence-electron chi connectivity index (χ2n) is 4.76. The number of benzene rings is 1. The lowest BCUT2D eigenvalue weighted by molar-refractivity contribution is -0.129. The van der Waals surface area contributed by atoms with E-state index < -0.39 is 11.4 Å². The maximum absolute atomic E-state index is 12.2. The normalized spacial score (nSPS) is 10.6. The molecule has 1 N–H and O–H groups in total. The third-order valence-electron chi connectivity index (χ3n) is 3.23. The van der Waals surface area contributed by atoms with E-state index in [-0.39, 0.29) is 16.8 Å². The topological polar surface area (TPSA) is 109 Å². The fraction of sp³-hybridized carbons (Fsp3) is 0.125. The Kier molecular flexibility index (Phi) is 5.94. The van der Waals surface area contributed by atoms with Crippen molar-refractivity contribution >= 4 is 23.4 Å². The SMILES string of the molecule is C=COOSc1ccc(N=Nc2c(C)c(C#N)c(O)n(C)c2=O)cc1. The molecule has 128 valence electrons. The van der Waals surface area contributed by atoms with Gasteiger partial charge < -0.3 is 9.99 Å². The van der Waals surface area contributed by atoms with Crippen LogP contribution >= 0.6 is 12.0 Å². The Morgan fingerprint density at radius 3 is 2.64 bits per heavy atom. The molecule has 2 rings (SSSR count). The number of hydrogen-bond donors (Lipinski definition) is 1. The zero-order valence-electron chi connectivity index (χ0n) is 13.5. The van der Waals surface area contributed by atoms with Gasteiger partial charge in [0.25, 0.3) is 5.56 Å². The van der Waals surface area contributed by atoms with Crippen molar-refractivity contribution in [3.05, 3.63) is 58.6 Å². The summed E-state index contributed by atoms with van der Waals surface area (Å²) in [6, 6.07) is 8.67. The summed E-state index contributed by atoms with van der Waals surface area (Å²) in [4.78, 5) is 17.5. The minimum atomic E-state index is -0.542. The molecule has 0 saturated heterocycles. The van der Waals surface area contributed by atoms with Gasteiger partial charge in [-0.1, -0.05) is 6.58 Å². The first-order chi connectivity index (χ1) is 12.0. The van der Waals surface area contributed by atoms with Gasteiger partial charge in [0, 0.05) is 17.5 Å². The van der Waals surface area contributed by atoms with Gasteiger partial charge >= 0.3 is 0 Å². The molecule has 0 aliphatic carbocycles. The number of nitriles is 1. The molecule has 2 aromatic rings. The first-order valence-corrected chi connectivity index (χ1v) is 7.69. The largest absolute Gasteiger partial charge is 0.493 e. The highest BCUT2D eigenvalue weighted by molar-refractivity contribution is 7.94. The van der Waals surface area contributed by atoms with Crippen molar-refractivity contribution in [2.24, 2.45) is 17.3 Å². The molecule has 0 spiro atoms. The van der Waals surface area contributed by atoms with Gasteiger partial charge in [-0.05, 0) is 31.2 Å². The molecule has 0 bridgehead atoms. The summed E-state index contributed by atoms with van der Waals surface area (Å²) < 4.78 is 5.72. The highest BCUT2D eigenvalue weighted by atomic mass is 32.2. The van der Waals surface area contributed by atoms with Crippen LogP contribution in [0.2, 0.25) is 0 Å². The highest BCUT2D eigenvalue weighted by Gasteiger charge is 2.16. The first-order valence-electron chi connectivity index (χ1n) is 6.95. The predicted molar refractivity (Wildman–Crippen MR) is 91.6 cm³/mol. The van der Waals surface area contributed by atoms with Crippen molar-refractivity contribution in [3.63, 3.8) is 0 Å². The van der Waals surface area contributed by atoms with Crippen molar-refractivity contribution < 1.29 is 14.3 Å². The summed E-state index contributed by atoms with van der Waals surface area (Å²) in [6.07, 6.45) is 1.16. The highest BCUT2D eigenvalue weighted by Crippen LogP contribution is 2.27.